The van der Waals surface area contributed by atoms with Crippen LogP contribution in [0.4, 0.5) is 16.2 Å². The fraction of sp³-hybridized carbons (Fsp3) is 0.464. The minimum absolute atomic E-state index is 0.00276. The van der Waals surface area contributed by atoms with E-state index in [1.165, 1.54) is 5.57 Å². The number of benzene rings is 1. The zero-order valence-electron chi connectivity index (χ0n) is 21.9. The number of carbonyl (C=O) groups excluding carboxylic acids is 2. The zero-order valence-corrected chi connectivity index (χ0v) is 21.9. The summed E-state index contributed by atoms with van der Waals surface area (Å²) >= 11 is 0. The Morgan fingerprint density at radius 1 is 1.14 bits per heavy atom. The highest BCUT2D eigenvalue weighted by Crippen LogP contribution is 2.18. The largest absolute Gasteiger partial charge is 0.397 e. The van der Waals surface area contributed by atoms with Crippen molar-refractivity contribution >= 4 is 29.0 Å². The number of hydrogen-bond donors (Lipinski definition) is 3. The highest BCUT2D eigenvalue weighted by Gasteiger charge is 2.24. The number of urea groups is 1. The fourth-order valence-corrected chi connectivity index (χ4v) is 4.60. The maximum absolute atomic E-state index is 13.3. The average molecular weight is 506 g/mol. The lowest BCUT2D eigenvalue weighted by atomic mass is 10.0. The molecule has 1 aromatic carbocycles. The maximum atomic E-state index is 13.3. The monoisotopic (exact) mass is 505 g/mol. The van der Waals surface area contributed by atoms with Crippen molar-refractivity contribution in [1.82, 2.24) is 20.0 Å². The maximum Gasteiger partial charge on any atom is 0.317 e. The van der Waals surface area contributed by atoms with Crippen molar-refractivity contribution in [2.75, 3.05) is 70.5 Å². The molecule has 198 valence electrons. The average Bonchev–Trinajstić information content (AvgIpc) is 2.90. The number of nitrogen functional groups attached to an aromatic ring is 1. The second-order valence-electron chi connectivity index (χ2n) is 10.1. The van der Waals surface area contributed by atoms with Gasteiger partial charge in [0, 0.05) is 58.3 Å². The van der Waals surface area contributed by atoms with Crippen LogP contribution < -0.4 is 16.4 Å². The van der Waals surface area contributed by atoms with E-state index < -0.39 is 0 Å². The number of rotatable bonds is 8. The number of piperazine rings is 1. The van der Waals surface area contributed by atoms with Crippen molar-refractivity contribution in [3.8, 4) is 0 Å². The van der Waals surface area contributed by atoms with E-state index in [0.29, 0.717) is 36.7 Å². The van der Waals surface area contributed by atoms with Crippen LogP contribution in [0.15, 0.2) is 65.2 Å². The number of carbonyl (C=O) groups is 2. The number of amides is 3. The molecule has 0 radical (unpaired) electrons. The second kappa shape index (κ2) is 12.7. The first-order valence-electron chi connectivity index (χ1n) is 13.1. The van der Waals surface area contributed by atoms with Crippen LogP contribution in [0.1, 0.15) is 13.3 Å². The number of anilines is 2. The molecule has 3 aliphatic rings. The first-order valence-corrected chi connectivity index (χ1v) is 13.1. The van der Waals surface area contributed by atoms with Gasteiger partial charge in [0.25, 0.3) is 5.91 Å². The van der Waals surface area contributed by atoms with Gasteiger partial charge in [0.1, 0.15) is 5.71 Å². The molecule has 4 rings (SSSR count). The van der Waals surface area contributed by atoms with Gasteiger partial charge in [0.2, 0.25) is 0 Å². The van der Waals surface area contributed by atoms with Gasteiger partial charge >= 0.3 is 6.03 Å². The Hall–Kier alpha value is -3.43. The van der Waals surface area contributed by atoms with E-state index in [2.05, 4.69) is 57.6 Å². The molecule has 0 saturated carbocycles. The fourth-order valence-electron chi connectivity index (χ4n) is 4.60. The Bertz CT molecular complexity index is 1090. The lowest BCUT2D eigenvalue weighted by Crippen LogP contribution is -2.51. The van der Waals surface area contributed by atoms with Gasteiger partial charge in [0.05, 0.1) is 17.4 Å². The van der Waals surface area contributed by atoms with Crippen LogP contribution in [0, 0.1) is 5.92 Å². The first-order chi connectivity index (χ1) is 17.9. The Kier molecular flexibility index (Phi) is 9.14. The molecule has 2 aliphatic heterocycles. The van der Waals surface area contributed by atoms with E-state index in [4.69, 9.17) is 5.73 Å². The molecule has 2 heterocycles. The number of likely N-dealkylation sites (N-methyl/N-ethyl adjacent to an activating group) is 1. The minimum Gasteiger partial charge on any atom is -0.397 e. The van der Waals surface area contributed by atoms with E-state index in [9.17, 15) is 9.59 Å². The van der Waals surface area contributed by atoms with Crippen LogP contribution in [0.25, 0.3) is 0 Å². The molecule has 9 heteroatoms. The van der Waals surface area contributed by atoms with Crippen LogP contribution in [0.5, 0.6) is 0 Å². The summed E-state index contributed by atoms with van der Waals surface area (Å²) in [6.07, 6.45) is 10.8. The third kappa shape index (κ3) is 7.77. The molecule has 1 saturated heterocycles. The van der Waals surface area contributed by atoms with E-state index in [0.717, 1.165) is 39.1 Å². The molecule has 1 fully saturated rings. The summed E-state index contributed by atoms with van der Waals surface area (Å²) in [5.41, 5.74) is 8.60. The topological polar surface area (TPSA) is 106 Å². The lowest BCUT2D eigenvalue weighted by molar-refractivity contribution is -0.110. The lowest BCUT2D eigenvalue weighted by Gasteiger charge is -2.35. The molecule has 1 aromatic rings. The number of aliphatic imine (C=N–C) groups is 1. The second-order valence-corrected chi connectivity index (χ2v) is 10.1. The molecule has 0 bridgehead atoms. The molecular formula is C28H39N7O2. The van der Waals surface area contributed by atoms with Crippen molar-refractivity contribution in [3.05, 3.63) is 60.2 Å². The Morgan fingerprint density at radius 2 is 1.92 bits per heavy atom. The Balaban J connectivity index is 1.34. The number of hydrogen-bond acceptors (Lipinski definition) is 6. The standard InChI is InChI=1S/C28H39N7O2/c1-21-7-10-23(11-8-21)31-28(37)35(18-17-34-15-13-33(2)14-16-34)20-22-9-12-26(30-19-22)27(36)32-25-6-4-3-5-24(25)29/h3-10,12,22-23H,11,13-20,29H2,1-2H3,(H,31,37)(H,32,36). The predicted octanol–water partition coefficient (Wildman–Crippen LogP) is 2.37. The summed E-state index contributed by atoms with van der Waals surface area (Å²) in [5.74, 6) is -0.245. The Labute approximate surface area is 219 Å². The van der Waals surface area contributed by atoms with Crippen LogP contribution in [-0.2, 0) is 4.79 Å². The number of nitrogens with one attached hydrogen (secondary N) is 2. The normalized spacial score (nSPS) is 22.2. The van der Waals surface area contributed by atoms with Gasteiger partial charge in [-0.15, -0.1) is 0 Å². The van der Waals surface area contributed by atoms with Crippen LogP contribution >= 0.6 is 0 Å². The summed E-state index contributed by atoms with van der Waals surface area (Å²) in [5, 5.41) is 6.00. The van der Waals surface area contributed by atoms with Gasteiger partial charge in [-0.05, 0) is 38.6 Å². The molecule has 1 aliphatic carbocycles. The Morgan fingerprint density at radius 3 is 2.59 bits per heavy atom. The first kappa shape index (κ1) is 26.6. The van der Waals surface area contributed by atoms with Crippen molar-refractivity contribution < 1.29 is 9.59 Å². The summed E-state index contributed by atoms with van der Waals surface area (Å²) in [7, 11) is 2.14. The summed E-state index contributed by atoms with van der Waals surface area (Å²) in [6.45, 7) is 8.67. The third-order valence-corrected chi connectivity index (χ3v) is 7.08. The zero-order chi connectivity index (χ0) is 26.2. The highest BCUT2D eigenvalue weighted by molar-refractivity contribution is 6.47. The van der Waals surface area contributed by atoms with Crippen molar-refractivity contribution in [2.45, 2.75) is 19.4 Å². The summed E-state index contributed by atoms with van der Waals surface area (Å²) < 4.78 is 0. The van der Waals surface area contributed by atoms with Gasteiger partial charge in [-0.1, -0.05) is 42.0 Å². The molecular weight excluding hydrogens is 466 g/mol. The van der Waals surface area contributed by atoms with E-state index in [-0.39, 0.29) is 23.9 Å². The van der Waals surface area contributed by atoms with Gasteiger partial charge in [-0.25, -0.2) is 4.79 Å². The molecule has 0 spiro atoms. The molecule has 9 nitrogen and oxygen atoms in total. The van der Waals surface area contributed by atoms with Gasteiger partial charge in [-0.2, -0.15) is 0 Å². The number of allylic oxidation sites excluding steroid dienone is 2. The van der Waals surface area contributed by atoms with Crippen LogP contribution in [0.3, 0.4) is 0 Å². The number of para-hydroxylation sites is 2. The minimum atomic E-state index is -0.287. The molecule has 0 aromatic heterocycles. The van der Waals surface area contributed by atoms with Gasteiger partial charge in [-0.3, -0.25) is 14.7 Å². The van der Waals surface area contributed by atoms with E-state index in [1.54, 1.807) is 18.2 Å². The molecule has 37 heavy (non-hydrogen) atoms. The summed E-state index contributed by atoms with van der Waals surface area (Å²) in [4.78, 5) is 37.1. The van der Waals surface area contributed by atoms with Crippen molar-refractivity contribution in [1.29, 1.82) is 0 Å². The molecule has 4 N–H and O–H groups in total. The predicted molar refractivity (Wildman–Crippen MR) is 150 cm³/mol. The summed E-state index contributed by atoms with van der Waals surface area (Å²) in [6, 6.07) is 7.09. The number of nitrogens with two attached hydrogens (primary N) is 1. The van der Waals surface area contributed by atoms with E-state index >= 15 is 0 Å². The van der Waals surface area contributed by atoms with Gasteiger partial charge < -0.3 is 26.2 Å². The van der Waals surface area contributed by atoms with Crippen molar-refractivity contribution in [3.63, 3.8) is 0 Å². The number of nitrogens with zero attached hydrogens (tertiary/aromatic N) is 4. The quantitative estimate of drug-likeness (QED) is 0.471. The van der Waals surface area contributed by atoms with Crippen LogP contribution in [-0.4, -0.2) is 97.8 Å². The molecule has 3 amide bonds. The van der Waals surface area contributed by atoms with Gasteiger partial charge in [0.15, 0.2) is 0 Å². The number of dihydropyridines is 1. The van der Waals surface area contributed by atoms with Crippen LogP contribution in [0.2, 0.25) is 0 Å². The highest BCUT2D eigenvalue weighted by atomic mass is 16.2. The third-order valence-electron chi connectivity index (χ3n) is 7.08. The van der Waals surface area contributed by atoms with E-state index in [1.807, 2.05) is 23.1 Å². The SMILES string of the molecule is CC1=CCC(NC(=O)N(CCN2CCN(C)CC2)CC2C=CC(C(=O)Nc3ccccc3N)=NC2)C=C1. The smallest absolute Gasteiger partial charge is 0.317 e. The molecule has 2 unspecified atom stereocenters. The molecule has 2 atom stereocenters. The van der Waals surface area contributed by atoms with Crippen molar-refractivity contribution in [2.24, 2.45) is 10.9 Å².